The van der Waals surface area contributed by atoms with Crippen LogP contribution in [0.4, 0.5) is 0 Å². The zero-order chi connectivity index (χ0) is 6.69. The summed E-state index contributed by atoms with van der Waals surface area (Å²) in [6.45, 7) is 4.64. The van der Waals surface area contributed by atoms with Crippen molar-refractivity contribution in [3.05, 3.63) is 0 Å². The lowest BCUT2D eigenvalue weighted by atomic mass is 10.0. The Morgan fingerprint density at radius 2 is 2.00 bits per heavy atom. The first-order chi connectivity index (χ1) is 4.33. The van der Waals surface area contributed by atoms with E-state index in [-0.39, 0.29) is 0 Å². The van der Waals surface area contributed by atoms with Crippen molar-refractivity contribution in [3.8, 4) is 0 Å². The van der Waals surface area contributed by atoms with Gasteiger partial charge < -0.3 is 0 Å². The zero-order valence-corrected chi connectivity index (χ0v) is 6.66. The SMILES string of the molecule is CC1CCN(SN)CC1. The van der Waals surface area contributed by atoms with Crippen molar-refractivity contribution in [2.24, 2.45) is 11.1 Å². The molecule has 1 aliphatic heterocycles. The number of hydrogen-bond acceptors (Lipinski definition) is 3. The molecular weight excluding hydrogens is 132 g/mol. The summed E-state index contributed by atoms with van der Waals surface area (Å²) >= 11 is 1.38. The fourth-order valence-electron chi connectivity index (χ4n) is 1.09. The van der Waals surface area contributed by atoms with E-state index in [4.69, 9.17) is 5.14 Å². The highest BCUT2D eigenvalue weighted by Gasteiger charge is 2.14. The van der Waals surface area contributed by atoms with Gasteiger partial charge in [0, 0.05) is 25.2 Å². The highest BCUT2D eigenvalue weighted by atomic mass is 32.2. The minimum atomic E-state index is 0.911. The molecule has 2 nitrogen and oxygen atoms in total. The molecule has 1 aliphatic rings. The third kappa shape index (κ3) is 2.16. The van der Waals surface area contributed by atoms with Crippen LogP contribution in [0, 0.1) is 5.92 Å². The van der Waals surface area contributed by atoms with Crippen LogP contribution >= 0.6 is 12.1 Å². The summed E-state index contributed by atoms with van der Waals surface area (Å²) in [5.74, 6) is 0.911. The van der Waals surface area contributed by atoms with Gasteiger partial charge in [-0.25, -0.2) is 4.31 Å². The van der Waals surface area contributed by atoms with E-state index < -0.39 is 0 Å². The molecule has 1 saturated heterocycles. The summed E-state index contributed by atoms with van der Waals surface area (Å²) in [6, 6.07) is 0. The summed E-state index contributed by atoms with van der Waals surface area (Å²) in [4.78, 5) is 0. The first kappa shape index (κ1) is 7.38. The Morgan fingerprint density at radius 1 is 1.44 bits per heavy atom. The predicted octanol–water partition coefficient (Wildman–Crippen LogP) is 1.24. The van der Waals surface area contributed by atoms with Gasteiger partial charge >= 0.3 is 0 Å². The van der Waals surface area contributed by atoms with Crippen molar-refractivity contribution in [3.63, 3.8) is 0 Å². The van der Waals surface area contributed by atoms with Gasteiger partial charge in [0.05, 0.1) is 0 Å². The number of rotatable bonds is 1. The van der Waals surface area contributed by atoms with Gasteiger partial charge in [0.1, 0.15) is 0 Å². The second kappa shape index (κ2) is 3.44. The molecule has 1 heterocycles. The van der Waals surface area contributed by atoms with Gasteiger partial charge in [-0.05, 0) is 18.8 Å². The van der Waals surface area contributed by atoms with Crippen LogP contribution in [0.3, 0.4) is 0 Å². The lowest BCUT2D eigenvalue weighted by Gasteiger charge is -2.26. The van der Waals surface area contributed by atoms with Gasteiger partial charge in [-0.15, -0.1) is 0 Å². The molecule has 1 fully saturated rings. The Balaban J connectivity index is 2.18. The molecule has 0 saturated carbocycles. The van der Waals surface area contributed by atoms with E-state index in [9.17, 15) is 0 Å². The van der Waals surface area contributed by atoms with Crippen molar-refractivity contribution < 1.29 is 0 Å². The highest BCUT2D eigenvalue weighted by molar-refractivity contribution is 7.94. The Bertz CT molecular complexity index is 79.1. The molecule has 0 aliphatic carbocycles. The summed E-state index contributed by atoms with van der Waals surface area (Å²) in [7, 11) is 0. The third-order valence-electron chi connectivity index (χ3n) is 1.89. The molecule has 0 atom stereocenters. The normalized spacial score (nSPS) is 24.7. The molecule has 0 aromatic rings. The minimum absolute atomic E-state index is 0.911. The number of nitrogens with zero attached hydrogens (tertiary/aromatic N) is 1. The van der Waals surface area contributed by atoms with Crippen LogP contribution in [-0.4, -0.2) is 17.4 Å². The molecule has 2 N–H and O–H groups in total. The average molecular weight is 146 g/mol. The first-order valence-electron chi connectivity index (χ1n) is 3.44. The van der Waals surface area contributed by atoms with Crippen LogP contribution in [0.2, 0.25) is 0 Å². The van der Waals surface area contributed by atoms with Crippen LogP contribution in [0.25, 0.3) is 0 Å². The van der Waals surface area contributed by atoms with Crippen molar-refractivity contribution in [1.29, 1.82) is 0 Å². The maximum Gasteiger partial charge on any atom is 0.0104 e. The predicted molar refractivity (Wildman–Crippen MR) is 41.7 cm³/mol. The molecule has 0 aromatic heterocycles. The molecule has 0 bridgehead atoms. The highest BCUT2D eigenvalue weighted by Crippen LogP contribution is 2.18. The Morgan fingerprint density at radius 3 is 2.44 bits per heavy atom. The van der Waals surface area contributed by atoms with Gasteiger partial charge in [0.25, 0.3) is 0 Å². The van der Waals surface area contributed by atoms with Crippen LogP contribution in [0.1, 0.15) is 19.8 Å². The Hall–Kier alpha value is 0.270. The molecule has 3 heteroatoms. The fraction of sp³-hybridized carbons (Fsp3) is 1.00. The van der Waals surface area contributed by atoms with Crippen molar-refractivity contribution in [2.45, 2.75) is 19.8 Å². The van der Waals surface area contributed by atoms with Crippen molar-refractivity contribution in [2.75, 3.05) is 13.1 Å². The van der Waals surface area contributed by atoms with E-state index in [1.165, 1.54) is 38.1 Å². The largest absolute Gasteiger partial charge is 0.264 e. The van der Waals surface area contributed by atoms with E-state index in [2.05, 4.69) is 11.2 Å². The lowest BCUT2D eigenvalue weighted by molar-refractivity contribution is 0.308. The average Bonchev–Trinajstić information content (AvgIpc) is 1.90. The maximum absolute atomic E-state index is 5.39. The van der Waals surface area contributed by atoms with Crippen LogP contribution < -0.4 is 5.14 Å². The fourth-order valence-corrected chi connectivity index (χ4v) is 1.51. The molecular formula is C6H14N2S. The van der Waals surface area contributed by atoms with Crippen molar-refractivity contribution in [1.82, 2.24) is 4.31 Å². The lowest BCUT2D eigenvalue weighted by Crippen LogP contribution is -2.28. The van der Waals surface area contributed by atoms with Gasteiger partial charge in [-0.2, -0.15) is 0 Å². The zero-order valence-electron chi connectivity index (χ0n) is 5.84. The van der Waals surface area contributed by atoms with Gasteiger partial charge in [0.2, 0.25) is 0 Å². The molecule has 0 spiro atoms. The van der Waals surface area contributed by atoms with Crippen molar-refractivity contribution >= 4 is 12.1 Å². The van der Waals surface area contributed by atoms with E-state index >= 15 is 0 Å². The van der Waals surface area contributed by atoms with Crippen LogP contribution in [-0.2, 0) is 0 Å². The van der Waals surface area contributed by atoms with Crippen LogP contribution in [0.5, 0.6) is 0 Å². The molecule has 54 valence electrons. The maximum atomic E-state index is 5.39. The van der Waals surface area contributed by atoms with Gasteiger partial charge in [-0.3, -0.25) is 5.14 Å². The van der Waals surface area contributed by atoms with Gasteiger partial charge in [-0.1, -0.05) is 6.92 Å². The van der Waals surface area contributed by atoms with E-state index in [1.807, 2.05) is 0 Å². The third-order valence-corrected chi connectivity index (χ3v) is 2.55. The number of nitrogens with two attached hydrogens (primary N) is 1. The molecule has 9 heavy (non-hydrogen) atoms. The van der Waals surface area contributed by atoms with Crippen LogP contribution in [0.15, 0.2) is 0 Å². The number of piperidine rings is 1. The molecule has 0 amide bonds. The molecule has 1 rings (SSSR count). The van der Waals surface area contributed by atoms with E-state index in [0.717, 1.165) is 5.92 Å². The molecule has 0 aromatic carbocycles. The summed E-state index contributed by atoms with van der Waals surface area (Å²) in [5, 5.41) is 5.39. The molecule has 0 radical (unpaired) electrons. The second-order valence-corrected chi connectivity index (χ2v) is 3.44. The standard InChI is InChI=1S/C6H14N2S/c1-6-2-4-8(9-7)5-3-6/h6H,2-5,7H2,1H3. The molecule has 0 unspecified atom stereocenters. The summed E-state index contributed by atoms with van der Waals surface area (Å²) in [6.07, 6.45) is 2.62. The Labute approximate surface area is 61.1 Å². The Kier molecular flexibility index (Phi) is 2.82. The quantitative estimate of drug-likeness (QED) is 0.564. The van der Waals surface area contributed by atoms with Gasteiger partial charge in [0.15, 0.2) is 0 Å². The summed E-state index contributed by atoms with van der Waals surface area (Å²) in [5.41, 5.74) is 0. The summed E-state index contributed by atoms with van der Waals surface area (Å²) < 4.78 is 2.22. The minimum Gasteiger partial charge on any atom is -0.264 e. The topological polar surface area (TPSA) is 29.3 Å². The second-order valence-electron chi connectivity index (χ2n) is 2.72. The van der Waals surface area contributed by atoms with E-state index in [1.54, 1.807) is 0 Å². The number of hydrogen-bond donors (Lipinski definition) is 1. The monoisotopic (exact) mass is 146 g/mol. The van der Waals surface area contributed by atoms with E-state index in [0.29, 0.717) is 0 Å². The first-order valence-corrected chi connectivity index (χ1v) is 4.28. The smallest absolute Gasteiger partial charge is 0.0104 e.